The minimum Gasteiger partial charge on any atom is -0.493 e. The Morgan fingerprint density at radius 2 is 1.67 bits per heavy atom. The smallest absolute Gasteiger partial charge is 0.309 e. The first-order valence-corrected chi connectivity index (χ1v) is 25.2. The number of aliphatic hydroxyl groups excluding tert-OH is 3. The van der Waals surface area contributed by atoms with Gasteiger partial charge < -0.3 is 79.5 Å². The molecule has 3 aliphatic heterocycles. The van der Waals surface area contributed by atoms with Crippen LogP contribution in [0, 0.1) is 23.7 Å². The maximum atomic E-state index is 14.6. The second-order valence-electron chi connectivity index (χ2n) is 21.6. The Morgan fingerprint density at radius 3 is 2.28 bits per heavy atom. The van der Waals surface area contributed by atoms with Gasteiger partial charge in [-0.05, 0) is 111 Å². The second-order valence-corrected chi connectivity index (χ2v) is 21.6. The van der Waals surface area contributed by atoms with E-state index in [4.69, 9.17) is 38.9 Å². The molecule has 4 rings (SSSR count). The summed E-state index contributed by atoms with van der Waals surface area (Å²) in [6, 6.07) is 4.91. The van der Waals surface area contributed by atoms with E-state index in [0.29, 0.717) is 56.0 Å². The van der Waals surface area contributed by atoms with E-state index in [-0.39, 0.29) is 43.6 Å². The number of nitrogens with one attached hydrogen (secondary N) is 1. The quantitative estimate of drug-likeness (QED) is 0.116. The summed E-state index contributed by atoms with van der Waals surface area (Å²) >= 11 is 0. The first-order chi connectivity index (χ1) is 32.3. The molecule has 1 aromatic carbocycles. The van der Waals surface area contributed by atoms with Crippen LogP contribution in [0.15, 0.2) is 30.1 Å². The van der Waals surface area contributed by atoms with E-state index >= 15 is 0 Å². The molecule has 0 aromatic heterocycles. The van der Waals surface area contributed by atoms with Crippen LogP contribution in [0.25, 0.3) is 0 Å². The number of carbonyl (C=O) groups excluding carboxylic acids is 1. The van der Waals surface area contributed by atoms with Crippen LogP contribution < -0.4 is 20.5 Å². The van der Waals surface area contributed by atoms with Crippen molar-refractivity contribution in [3.63, 3.8) is 0 Å². The van der Waals surface area contributed by atoms with Gasteiger partial charge in [-0.15, -0.1) is 0 Å². The summed E-state index contributed by atoms with van der Waals surface area (Å²) in [6.07, 6.45) is -1.51. The Hall–Kier alpha value is -2.81. The first kappa shape index (κ1) is 58.8. The summed E-state index contributed by atoms with van der Waals surface area (Å²) in [5.74, 6) is -1.53. The standard InChI is InChI=1S/C52H92N4O13/c1-16-43-52(10,62)46(58)34(6)56(12)28-30(2)25-50(8,61)48(32(4)45(33(5)49(60)68-43)42-26-51(9,65-15)47(59)35(7)67-42)69-44-24-39(21-31(3)66-44)55(11)20-19-37(53)27-54-38(29-57)22-36-17-18-40(63-13)41(23-36)64-14/h17-18,23,27,30-35,38-39,42-48,54,57-59,61-62H,16,19-22,24-26,28-29,53H2,1-15H3/b37-27-/t30-,31-,32+,33-,34-,35+,38+,39+,42?,43-,44+,45?,46-,47+,48-,50-,51-,52-/m1/s1. The molecule has 0 aliphatic carbocycles. The number of nitrogens with zero attached hydrogens (tertiary/aromatic N) is 2. The fourth-order valence-corrected chi connectivity index (χ4v) is 11.4. The zero-order valence-corrected chi connectivity index (χ0v) is 44.5. The normalized spacial score (nSPS) is 39.8. The number of rotatable bonds is 16. The summed E-state index contributed by atoms with van der Waals surface area (Å²) in [5, 5.41) is 61.2. The molecule has 3 fully saturated rings. The third kappa shape index (κ3) is 14.7. The minimum absolute atomic E-state index is 0.0349. The number of nitrogens with two attached hydrogens (primary N) is 1. The zero-order valence-electron chi connectivity index (χ0n) is 44.5. The molecule has 0 saturated carbocycles. The predicted molar refractivity (Wildman–Crippen MR) is 264 cm³/mol. The van der Waals surface area contributed by atoms with Crippen molar-refractivity contribution in [2.45, 2.75) is 198 Å². The molecule has 3 saturated heterocycles. The Morgan fingerprint density at radius 1 is 1.00 bits per heavy atom. The number of likely N-dealkylation sites (N-methyl/N-ethyl adjacent to an activating group) is 1. The van der Waals surface area contributed by atoms with E-state index in [2.05, 4.69) is 17.3 Å². The third-order valence-corrected chi connectivity index (χ3v) is 15.8. The van der Waals surface area contributed by atoms with Crippen molar-refractivity contribution in [2.24, 2.45) is 29.4 Å². The van der Waals surface area contributed by atoms with Gasteiger partial charge >= 0.3 is 5.97 Å². The van der Waals surface area contributed by atoms with Crippen LogP contribution >= 0.6 is 0 Å². The van der Waals surface area contributed by atoms with Gasteiger partial charge in [-0.2, -0.15) is 0 Å². The molecule has 8 N–H and O–H groups in total. The predicted octanol–water partition coefficient (Wildman–Crippen LogP) is 3.97. The number of ether oxygens (including phenoxy) is 7. The number of cyclic esters (lactones) is 1. The van der Waals surface area contributed by atoms with Crippen LogP contribution in [0.4, 0.5) is 0 Å². The van der Waals surface area contributed by atoms with Gasteiger partial charge in [0.2, 0.25) is 0 Å². The van der Waals surface area contributed by atoms with Crippen LogP contribution in [0.2, 0.25) is 0 Å². The van der Waals surface area contributed by atoms with Crippen LogP contribution in [0.5, 0.6) is 11.5 Å². The highest BCUT2D eigenvalue weighted by atomic mass is 16.7. The lowest BCUT2D eigenvalue weighted by atomic mass is 9.68. The van der Waals surface area contributed by atoms with E-state index in [9.17, 15) is 30.3 Å². The number of benzene rings is 1. The van der Waals surface area contributed by atoms with Crippen molar-refractivity contribution in [2.75, 3.05) is 55.1 Å². The van der Waals surface area contributed by atoms with Gasteiger partial charge in [-0.3, -0.25) is 4.79 Å². The molecule has 0 amide bonds. The fraction of sp³-hybridized carbons (Fsp3) is 0.827. The van der Waals surface area contributed by atoms with Gasteiger partial charge in [0.15, 0.2) is 17.8 Å². The summed E-state index contributed by atoms with van der Waals surface area (Å²) in [7, 11) is 8.66. The summed E-state index contributed by atoms with van der Waals surface area (Å²) in [5.41, 5.74) is 3.86. The largest absolute Gasteiger partial charge is 0.493 e. The lowest BCUT2D eigenvalue weighted by Gasteiger charge is -2.51. The molecule has 1 aromatic rings. The molecule has 0 radical (unpaired) electrons. The van der Waals surface area contributed by atoms with Crippen LogP contribution in [-0.2, 0) is 34.9 Å². The molecule has 2 unspecified atom stereocenters. The van der Waals surface area contributed by atoms with Gasteiger partial charge in [-0.1, -0.05) is 33.8 Å². The Bertz CT molecular complexity index is 1790. The van der Waals surface area contributed by atoms with E-state index in [1.807, 2.05) is 71.7 Å². The molecule has 0 spiro atoms. The van der Waals surface area contributed by atoms with Crippen molar-refractivity contribution in [3.05, 3.63) is 35.7 Å². The molecular formula is C52H92N4O13. The molecule has 17 nitrogen and oxygen atoms in total. The highest BCUT2D eigenvalue weighted by Crippen LogP contribution is 2.45. The van der Waals surface area contributed by atoms with Crippen molar-refractivity contribution < 1.29 is 63.5 Å². The number of hydrogen-bond donors (Lipinski definition) is 7. The zero-order chi connectivity index (χ0) is 51.8. The number of hydrogen-bond acceptors (Lipinski definition) is 17. The second kappa shape index (κ2) is 25.2. The first-order valence-electron chi connectivity index (χ1n) is 25.2. The van der Waals surface area contributed by atoms with Crippen molar-refractivity contribution in [1.82, 2.24) is 15.1 Å². The van der Waals surface area contributed by atoms with Gasteiger partial charge in [0.25, 0.3) is 0 Å². The number of esters is 1. The van der Waals surface area contributed by atoms with E-state index in [0.717, 1.165) is 12.0 Å². The number of carbonyl (C=O) groups is 1. The fourth-order valence-electron chi connectivity index (χ4n) is 11.4. The molecule has 17 heteroatoms. The lowest BCUT2D eigenvalue weighted by molar-refractivity contribution is -0.275. The van der Waals surface area contributed by atoms with Gasteiger partial charge in [0.1, 0.15) is 23.9 Å². The summed E-state index contributed by atoms with van der Waals surface area (Å²) < 4.78 is 43.3. The van der Waals surface area contributed by atoms with Crippen LogP contribution in [0.1, 0.15) is 113 Å². The molecule has 0 bridgehead atoms. The Labute approximate surface area is 413 Å². The highest BCUT2D eigenvalue weighted by Gasteiger charge is 2.54. The average molecular weight is 981 g/mol. The highest BCUT2D eigenvalue weighted by molar-refractivity contribution is 5.73. The molecule has 18 atom stereocenters. The van der Waals surface area contributed by atoms with Gasteiger partial charge in [-0.25, -0.2) is 0 Å². The van der Waals surface area contributed by atoms with E-state index in [1.54, 1.807) is 48.3 Å². The number of aliphatic hydroxyl groups is 5. The molecule has 398 valence electrons. The minimum atomic E-state index is -1.79. The monoisotopic (exact) mass is 981 g/mol. The lowest BCUT2D eigenvalue weighted by Crippen LogP contribution is -2.61. The SMILES string of the molecule is CC[C@H]1OC(=O)[C@H](C)C(C2C[C@@](C)(OC)[C@@H](O)[C@H](C)O2)[C@H](C)[C@@H](O[C@H]2C[C@@H](N(C)CC/C(N)=C/N[C@H](CO)Cc3ccc(OC)c(OC)c3)C[C@@H](C)O2)[C@](C)(O)C[C@@H](C)CN(C)[C@H](C)[C@@H](O)[C@]1(C)O. The molecule has 3 aliphatic rings. The van der Waals surface area contributed by atoms with Crippen molar-refractivity contribution >= 4 is 5.97 Å². The van der Waals surface area contributed by atoms with Gasteiger partial charge in [0.05, 0.1) is 68.4 Å². The molecular weight excluding hydrogens is 889 g/mol. The van der Waals surface area contributed by atoms with E-state index < -0.39 is 89.5 Å². The van der Waals surface area contributed by atoms with Crippen molar-refractivity contribution in [1.29, 1.82) is 0 Å². The third-order valence-electron chi connectivity index (χ3n) is 15.8. The Kier molecular flexibility index (Phi) is 21.5. The Balaban J connectivity index is 1.63. The summed E-state index contributed by atoms with van der Waals surface area (Å²) in [6.45, 7) is 19.4. The van der Waals surface area contributed by atoms with Crippen LogP contribution in [0.3, 0.4) is 0 Å². The van der Waals surface area contributed by atoms with Crippen LogP contribution in [-0.4, -0.2) is 180 Å². The topological polar surface area (TPSA) is 227 Å². The maximum absolute atomic E-state index is 14.6. The average Bonchev–Trinajstić information content (AvgIpc) is 3.30. The van der Waals surface area contributed by atoms with Crippen molar-refractivity contribution in [3.8, 4) is 11.5 Å². The van der Waals surface area contributed by atoms with Gasteiger partial charge in [0, 0.05) is 69.4 Å². The number of methoxy groups -OCH3 is 3. The molecule has 69 heavy (non-hydrogen) atoms. The maximum Gasteiger partial charge on any atom is 0.309 e. The summed E-state index contributed by atoms with van der Waals surface area (Å²) in [4.78, 5) is 18.8. The molecule has 3 heterocycles. The van der Waals surface area contributed by atoms with E-state index in [1.165, 1.54) is 6.92 Å².